The van der Waals surface area contributed by atoms with Gasteiger partial charge in [0.2, 0.25) is 0 Å². The maximum Gasteiger partial charge on any atom is 0.188 e. The van der Waals surface area contributed by atoms with Gasteiger partial charge in [0.1, 0.15) is 0 Å². The number of hydrogen-bond donors (Lipinski definition) is 0. The van der Waals surface area contributed by atoms with E-state index in [1.165, 1.54) is 34.0 Å². The van der Waals surface area contributed by atoms with E-state index in [-0.39, 0.29) is 0 Å². The average molecular weight is 545 g/mol. The van der Waals surface area contributed by atoms with Gasteiger partial charge in [-0.2, -0.15) is 0 Å². The van der Waals surface area contributed by atoms with E-state index in [9.17, 15) is 0 Å². The van der Waals surface area contributed by atoms with Gasteiger partial charge in [0.15, 0.2) is 5.40 Å². The molecule has 2 heteroatoms. The van der Waals surface area contributed by atoms with E-state index in [2.05, 4.69) is 19.9 Å². The van der Waals surface area contributed by atoms with Crippen molar-refractivity contribution in [2.75, 3.05) is 0 Å². The third-order valence-electron chi connectivity index (χ3n) is 13.1. The van der Waals surface area contributed by atoms with Crippen LogP contribution in [0.25, 0.3) is 0 Å². The van der Waals surface area contributed by atoms with Crippen molar-refractivity contribution in [1.82, 2.24) is 0 Å². The molecule has 0 amide bonds. The van der Waals surface area contributed by atoms with E-state index in [0.29, 0.717) is 0 Å². The minimum absolute atomic E-state index is 1.11. The molecule has 0 saturated heterocycles. The van der Waals surface area contributed by atoms with Crippen LogP contribution in [-0.4, -0.2) is 39.4 Å². The van der Waals surface area contributed by atoms with Gasteiger partial charge in [-0.3, -0.25) is 0 Å². The van der Waals surface area contributed by atoms with Crippen LogP contribution in [0.4, 0.5) is 0 Å². The van der Waals surface area contributed by atoms with Crippen LogP contribution in [0.3, 0.4) is 0 Å². The minimum Gasteiger partial charge on any atom is -0.0727 e. The summed E-state index contributed by atoms with van der Waals surface area (Å²) in [4.78, 5) is 0. The van der Waals surface area contributed by atoms with Crippen LogP contribution in [0.5, 0.6) is 0 Å². The fourth-order valence-corrected chi connectivity index (χ4v) is 33.1. The number of allylic oxidation sites excluding steroid dienone is 2. The summed E-state index contributed by atoms with van der Waals surface area (Å²) in [5.41, 5.74) is 8.75. The second kappa shape index (κ2) is 12.2. The Morgan fingerprint density at radius 2 is 0.595 bits per heavy atom. The van der Waals surface area contributed by atoms with E-state index in [1.54, 1.807) is 160 Å². The Balaban J connectivity index is 1.61. The molecule has 0 aliphatic heterocycles. The summed E-state index contributed by atoms with van der Waals surface area (Å²) in [7, 11) is -2.22. The Bertz CT molecular complexity index is 607. The molecule has 6 aliphatic rings. The lowest BCUT2D eigenvalue weighted by molar-refractivity contribution is 0.722. The highest BCUT2D eigenvalue weighted by Crippen LogP contribution is 2.95. The maximum absolute atomic E-state index is 3.17. The molecule has 6 saturated carbocycles. The Labute approximate surface area is 233 Å². The maximum atomic E-state index is 3.17. The zero-order valence-electron chi connectivity index (χ0n) is 25.0. The lowest BCUT2D eigenvalue weighted by Gasteiger charge is -2.54. The van der Waals surface area contributed by atoms with Crippen LogP contribution in [0.2, 0.25) is 0 Å². The van der Waals surface area contributed by atoms with E-state index in [4.69, 9.17) is 0 Å². The van der Waals surface area contributed by atoms with Crippen molar-refractivity contribution < 1.29 is 0 Å². The Kier molecular flexibility index (Phi) is 9.17. The molecule has 0 aromatic carbocycles. The molecule has 6 fully saturated rings. The first kappa shape index (κ1) is 27.8. The SMILES string of the molecule is CC(C)=CC([P+](C1CCCC1)(C1CCCC1)C1CCCC1)[P+](C1CCCC1)(C1CCCC1)C1CCCC1. The quantitative estimate of drug-likeness (QED) is 0.200. The monoisotopic (exact) mass is 544 g/mol. The fraction of sp³-hybridized carbons (Fsp3) is 0.943. The molecule has 0 aromatic heterocycles. The lowest BCUT2D eigenvalue weighted by Crippen LogP contribution is -2.44. The molecule has 6 aliphatic carbocycles. The second-order valence-corrected chi connectivity index (χ2v) is 24.6. The van der Waals surface area contributed by atoms with Gasteiger partial charge in [-0.05, 0) is 174 Å². The zero-order chi connectivity index (χ0) is 25.3. The van der Waals surface area contributed by atoms with Gasteiger partial charge in [-0.25, -0.2) is 0 Å². The van der Waals surface area contributed by atoms with Crippen molar-refractivity contribution >= 4 is 14.5 Å². The van der Waals surface area contributed by atoms with E-state index >= 15 is 0 Å². The van der Waals surface area contributed by atoms with Gasteiger partial charge >= 0.3 is 0 Å². The molecule has 0 atom stereocenters. The van der Waals surface area contributed by atoms with Crippen molar-refractivity contribution in [1.29, 1.82) is 0 Å². The first-order chi connectivity index (χ1) is 18.2. The van der Waals surface area contributed by atoms with Crippen LogP contribution in [-0.2, 0) is 0 Å². The van der Waals surface area contributed by atoms with Crippen LogP contribution in [0, 0.1) is 0 Å². The smallest absolute Gasteiger partial charge is 0.0727 e. The normalized spacial score (nSPS) is 28.5. The molecule has 0 nitrogen and oxygen atoms in total. The summed E-state index contributed by atoms with van der Waals surface area (Å²) in [6.45, 7) is 5.10. The van der Waals surface area contributed by atoms with E-state index in [1.807, 2.05) is 0 Å². The molecule has 0 bridgehead atoms. The summed E-state index contributed by atoms with van der Waals surface area (Å²) in [5.74, 6) is 0. The second-order valence-electron chi connectivity index (χ2n) is 15.1. The van der Waals surface area contributed by atoms with Gasteiger partial charge < -0.3 is 0 Å². The summed E-state index contributed by atoms with van der Waals surface area (Å²) < 4.78 is 0. The van der Waals surface area contributed by atoms with Crippen molar-refractivity contribution in [3.8, 4) is 0 Å². The first-order valence-corrected chi connectivity index (χ1v) is 21.7. The van der Waals surface area contributed by atoms with E-state index < -0.39 is 14.5 Å². The van der Waals surface area contributed by atoms with Gasteiger partial charge in [-0.15, -0.1) is 0 Å². The largest absolute Gasteiger partial charge is 0.188 e. The topological polar surface area (TPSA) is 0 Å². The Morgan fingerprint density at radius 1 is 0.405 bits per heavy atom. The molecule has 0 radical (unpaired) electrons. The van der Waals surface area contributed by atoms with Gasteiger partial charge in [0, 0.05) is 0 Å². The summed E-state index contributed by atoms with van der Waals surface area (Å²) in [6.07, 6.45) is 41.9. The Hall–Kier alpha value is 0.600. The van der Waals surface area contributed by atoms with E-state index in [0.717, 1.165) is 5.40 Å². The van der Waals surface area contributed by atoms with Gasteiger partial charge in [-0.1, -0.05) is 5.57 Å². The molecule has 0 spiro atoms. The minimum atomic E-state index is -1.11. The van der Waals surface area contributed by atoms with Crippen molar-refractivity contribution in [2.24, 2.45) is 0 Å². The molecular formula is C35H62P2+2. The molecule has 0 unspecified atom stereocenters. The number of hydrogen-bond acceptors (Lipinski definition) is 0. The fourth-order valence-electron chi connectivity index (χ4n) is 12.1. The zero-order valence-corrected chi connectivity index (χ0v) is 26.8. The molecular weight excluding hydrogens is 482 g/mol. The molecule has 210 valence electrons. The molecule has 0 N–H and O–H groups in total. The first-order valence-electron chi connectivity index (χ1n) is 17.6. The highest BCUT2D eigenvalue weighted by molar-refractivity contribution is 7.95. The molecule has 0 heterocycles. The molecule has 6 rings (SSSR count). The lowest BCUT2D eigenvalue weighted by atomic mass is 10.3. The van der Waals surface area contributed by atoms with Crippen LogP contribution < -0.4 is 0 Å². The highest BCUT2D eigenvalue weighted by atomic mass is 31.2. The van der Waals surface area contributed by atoms with Gasteiger partial charge in [0.25, 0.3) is 0 Å². The highest BCUT2D eigenvalue weighted by Gasteiger charge is 2.75. The van der Waals surface area contributed by atoms with Gasteiger partial charge in [0.05, 0.1) is 48.5 Å². The van der Waals surface area contributed by atoms with Crippen molar-refractivity contribution in [3.05, 3.63) is 11.6 Å². The van der Waals surface area contributed by atoms with Crippen LogP contribution >= 0.6 is 14.5 Å². The summed E-state index contributed by atoms with van der Waals surface area (Å²) >= 11 is 0. The predicted octanol–water partition coefficient (Wildman–Crippen LogP) is 12.0. The molecule has 37 heavy (non-hydrogen) atoms. The summed E-state index contributed by atoms with van der Waals surface area (Å²) in [5, 5.41) is 1.11. The Morgan fingerprint density at radius 3 is 0.757 bits per heavy atom. The third kappa shape index (κ3) is 4.90. The van der Waals surface area contributed by atoms with Crippen LogP contribution in [0.1, 0.15) is 168 Å². The van der Waals surface area contributed by atoms with Crippen LogP contribution in [0.15, 0.2) is 11.6 Å². The standard InChI is InChI=1S/C35H62P2/c1-28(2)27-35(36(29-15-3-4-16-29,30-17-5-6-18-30)31-19-7-8-20-31)37(32-21-9-10-22-32,33-23-11-12-24-33)34-25-13-14-26-34/h27,29-35H,3-26H2,1-2H3/q+2. The molecule has 0 aromatic rings. The predicted molar refractivity (Wildman–Crippen MR) is 171 cm³/mol. The summed E-state index contributed by atoms with van der Waals surface area (Å²) in [6, 6.07) is 0. The average Bonchev–Trinajstić information content (AvgIpc) is 3.77. The third-order valence-corrected chi connectivity index (χ3v) is 28.4. The van der Waals surface area contributed by atoms with Crippen molar-refractivity contribution in [2.45, 2.75) is 207 Å². The van der Waals surface area contributed by atoms with Crippen molar-refractivity contribution in [3.63, 3.8) is 0 Å². The number of rotatable bonds is 9.